The maximum Gasteiger partial charge on any atom is 0.137 e. The number of rotatable bonds is 3. The van der Waals surface area contributed by atoms with E-state index in [9.17, 15) is 0 Å². The van der Waals surface area contributed by atoms with Crippen molar-refractivity contribution in [2.45, 2.75) is 0 Å². The summed E-state index contributed by atoms with van der Waals surface area (Å²) in [6, 6.07) is 51.9. The van der Waals surface area contributed by atoms with Crippen LogP contribution in [-0.2, 0) is 0 Å². The lowest BCUT2D eigenvalue weighted by Gasteiger charge is -2.13. The van der Waals surface area contributed by atoms with Crippen molar-refractivity contribution in [1.29, 1.82) is 0 Å². The highest BCUT2D eigenvalue weighted by Crippen LogP contribution is 2.42. The van der Waals surface area contributed by atoms with E-state index >= 15 is 0 Å². The smallest absolute Gasteiger partial charge is 0.137 e. The third kappa shape index (κ3) is 3.60. The molecule has 0 saturated heterocycles. The Morgan fingerprint density at radius 3 is 2.09 bits per heavy atom. The molecule has 7 aromatic carbocycles. The molecule has 0 radical (unpaired) electrons. The van der Waals surface area contributed by atoms with Crippen molar-refractivity contribution in [2.24, 2.45) is 0 Å². The SMILES string of the molecule is c1ccc(-c2cc3c4ccccc4n(-c4ccc(-c5nc6c(ccc7oc8ccccc8c76)s5)cc4)c3c3ccccc23)cc1. The van der Waals surface area contributed by atoms with Crippen LogP contribution < -0.4 is 0 Å². The van der Waals surface area contributed by atoms with Gasteiger partial charge in [0.1, 0.15) is 16.2 Å². The number of fused-ring (bicyclic) bond motifs is 10. The molecule has 0 fully saturated rings. The van der Waals surface area contributed by atoms with Gasteiger partial charge in [-0.3, -0.25) is 0 Å². The van der Waals surface area contributed by atoms with Crippen molar-refractivity contribution in [3.63, 3.8) is 0 Å². The van der Waals surface area contributed by atoms with Gasteiger partial charge in [0, 0.05) is 32.8 Å². The number of furan rings is 1. The fourth-order valence-corrected chi connectivity index (χ4v) is 8.01. The first kappa shape index (κ1) is 24.7. The van der Waals surface area contributed by atoms with Crippen LogP contribution in [-0.4, -0.2) is 9.55 Å². The molecule has 0 aliphatic rings. The summed E-state index contributed by atoms with van der Waals surface area (Å²) < 4.78 is 9.71. The highest BCUT2D eigenvalue weighted by Gasteiger charge is 2.19. The zero-order valence-electron chi connectivity index (χ0n) is 24.1. The fraction of sp³-hybridized carbons (Fsp3) is 0. The van der Waals surface area contributed by atoms with Crippen LogP contribution in [0.4, 0.5) is 0 Å². The maximum absolute atomic E-state index is 6.13. The van der Waals surface area contributed by atoms with E-state index < -0.39 is 0 Å². The van der Waals surface area contributed by atoms with E-state index in [1.807, 2.05) is 12.1 Å². The fourth-order valence-electron chi connectivity index (χ4n) is 7.03. The summed E-state index contributed by atoms with van der Waals surface area (Å²) in [7, 11) is 0. The van der Waals surface area contributed by atoms with Gasteiger partial charge in [-0.2, -0.15) is 0 Å². The van der Waals surface area contributed by atoms with Crippen LogP contribution >= 0.6 is 11.3 Å². The molecule has 10 rings (SSSR count). The van der Waals surface area contributed by atoms with Gasteiger partial charge in [-0.1, -0.05) is 91.0 Å². The minimum Gasteiger partial charge on any atom is -0.456 e. The molecule has 210 valence electrons. The number of hydrogen-bond donors (Lipinski definition) is 0. The van der Waals surface area contributed by atoms with Gasteiger partial charge in [0.05, 0.1) is 26.6 Å². The van der Waals surface area contributed by atoms with E-state index in [2.05, 4.69) is 138 Å². The van der Waals surface area contributed by atoms with Crippen LogP contribution in [0.5, 0.6) is 0 Å². The van der Waals surface area contributed by atoms with Gasteiger partial charge in [-0.25, -0.2) is 4.98 Å². The van der Waals surface area contributed by atoms with Gasteiger partial charge >= 0.3 is 0 Å². The Morgan fingerprint density at radius 2 is 1.24 bits per heavy atom. The molecule has 10 aromatic rings. The van der Waals surface area contributed by atoms with Gasteiger partial charge in [-0.15, -0.1) is 11.3 Å². The molecule has 0 bridgehead atoms. The molecular weight excluding hydrogens is 569 g/mol. The first-order valence-electron chi connectivity index (χ1n) is 15.1. The minimum atomic E-state index is 0.880. The second-order valence-electron chi connectivity index (χ2n) is 11.5. The summed E-state index contributed by atoms with van der Waals surface area (Å²) >= 11 is 1.73. The van der Waals surface area contributed by atoms with Crippen LogP contribution in [0.2, 0.25) is 0 Å². The Bertz CT molecular complexity index is 2750. The van der Waals surface area contributed by atoms with E-state index in [4.69, 9.17) is 9.40 Å². The first-order valence-corrected chi connectivity index (χ1v) is 16.0. The third-order valence-corrected chi connectivity index (χ3v) is 10.1. The van der Waals surface area contributed by atoms with E-state index in [0.29, 0.717) is 0 Å². The predicted molar refractivity (Wildman–Crippen MR) is 190 cm³/mol. The summed E-state index contributed by atoms with van der Waals surface area (Å²) in [6.07, 6.45) is 0. The molecule has 0 amide bonds. The Kier molecular flexibility index (Phi) is 5.16. The highest BCUT2D eigenvalue weighted by molar-refractivity contribution is 7.21. The number of benzene rings is 7. The standard InChI is InChI=1S/C41H24N2OS/c1-2-10-25(11-3-1)32-24-33-29-13-6-8-16-34(29)43(40(33)30-14-5-4-12-28(30)32)27-20-18-26(19-21-27)41-42-39-37(45-41)23-22-36-38(39)31-15-7-9-17-35(31)44-36/h1-24H. The van der Waals surface area contributed by atoms with Crippen LogP contribution in [0.25, 0.3) is 92.1 Å². The molecule has 45 heavy (non-hydrogen) atoms. The molecule has 0 saturated carbocycles. The lowest BCUT2D eigenvalue weighted by atomic mass is 9.95. The molecule has 0 spiro atoms. The molecule has 4 heteroatoms. The molecular formula is C41H24N2OS. The summed E-state index contributed by atoms with van der Waals surface area (Å²) in [5.41, 5.74) is 9.94. The molecule has 0 aliphatic carbocycles. The molecule has 3 nitrogen and oxygen atoms in total. The van der Waals surface area contributed by atoms with Crippen LogP contribution in [0.1, 0.15) is 0 Å². The van der Waals surface area contributed by atoms with Gasteiger partial charge in [0.2, 0.25) is 0 Å². The predicted octanol–water partition coefficient (Wildman–Crippen LogP) is 11.8. The minimum absolute atomic E-state index is 0.880. The van der Waals surface area contributed by atoms with E-state index in [0.717, 1.165) is 48.4 Å². The Balaban J connectivity index is 1.17. The number of aromatic nitrogens is 2. The van der Waals surface area contributed by atoms with Crippen LogP contribution in [0, 0.1) is 0 Å². The summed E-state index contributed by atoms with van der Waals surface area (Å²) in [5, 5.41) is 8.22. The Labute approximate surface area is 262 Å². The van der Waals surface area contributed by atoms with E-state index in [1.54, 1.807) is 11.3 Å². The summed E-state index contributed by atoms with van der Waals surface area (Å²) in [4.78, 5) is 5.16. The van der Waals surface area contributed by atoms with E-state index in [1.165, 1.54) is 43.7 Å². The number of thiazole rings is 1. The lowest BCUT2D eigenvalue weighted by Crippen LogP contribution is -1.95. The van der Waals surface area contributed by atoms with Crippen molar-refractivity contribution < 1.29 is 4.42 Å². The largest absolute Gasteiger partial charge is 0.456 e. The molecule has 3 heterocycles. The van der Waals surface area contributed by atoms with Crippen molar-refractivity contribution in [2.75, 3.05) is 0 Å². The quantitative estimate of drug-likeness (QED) is 0.204. The zero-order valence-corrected chi connectivity index (χ0v) is 24.9. The van der Waals surface area contributed by atoms with Crippen molar-refractivity contribution in [3.05, 3.63) is 146 Å². The lowest BCUT2D eigenvalue weighted by molar-refractivity contribution is 0.669. The number of nitrogens with zero attached hydrogens (tertiary/aromatic N) is 2. The molecule has 0 aliphatic heterocycles. The Morgan fingerprint density at radius 1 is 0.533 bits per heavy atom. The topological polar surface area (TPSA) is 31.0 Å². The summed E-state index contributed by atoms with van der Waals surface area (Å²) in [5.74, 6) is 0. The zero-order chi connectivity index (χ0) is 29.5. The van der Waals surface area contributed by atoms with Gasteiger partial charge < -0.3 is 8.98 Å². The molecule has 3 aromatic heterocycles. The second-order valence-corrected chi connectivity index (χ2v) is 12.6. The van der Waals surface area contributed by atoms with Crippen LogP contribution in [0.3, 0.4) is 0 Å². The average Bonchev–Trinajstić information content (AvgIpc) is 3.80. The van der Waals surface area contributed by atoms with Crippen molar-refractivity contribution in [1.82, 2.24) is 9.55 Å². The number of para-hydroxylation sites is 2. The first-order chi connectivity index (χ1) is 22.3. The van der Waals surface area contributed by atoms with Crippen LogP contribution in [0.15, 0.2) is 150 Å². The highest BCUT2D eigenvalue weighted by atomic mass is 32.1. The van der Waals surface area contributed by atoms with Crippen molar-refractivity contribution in [3.8, 4) is 27.4 Å². The third-order valence-electron chi connectivity index (χ3n) is 9.03. The average molecular weight is 593 g/mol. The summed E-state index contributed by atoms with van der Waals surface area (Å²) in [6.45, 7) is 0. The molecule has 0 unspecified atom stereocenters. The maximum atomic E-state index is 6.13. The van der Waals surface area contributed by atoms with Gasteiger partial charge in [0.15, 0.2) is 0 Å². The molecule has 0 atom stereocenters. The van der Waals surface area contributed by atoms with Gasteiger partial charge in [-0.05, 0) is 71.1 Å². The normalized spacial score (nSPS) is 12.0. The van der Waals surface area contributed by atoms with E-state index in [-0.39, 0.29) is 0 Å². The van der Waals surface area contributed by atoms with Crippen molar-refractivity contribution >= 4 is 76.1 Å². The molecule has 0 N–H and O–H groups in total. The second kappa shape index (κ2) is 9.39. The Hall–Kier alpha value is -5.71. The van der Waals surface area contributed by atoms with Gasteiger partial charge in [0.25, 0.3) is 0 Å². The monoisotopic (exact) mass is 592 g/mol. The number of hydrogen-bond acceptors (Lipinski definition) is 3.